The van der Waals surface area contributed by atoms with E-state index in [-0.39, 0.29) is 11.6 Å². The summed E-state index contributed by atoms with van der Waals surface area (Å²) in [6.45, 7) is 6.23. The Labute approximate surface area is 98.8 Å². The summed E-state index contributed by atoms with van der Waals surface area (Å²) in [5.41, 5.74) is 8.28. The molecule has 16 heavy (non-hydrogen) atoms. The topological polar surface area (TPSA) is 35.2 Å². The van der Waals surface area contributed by atoms with E-state index in [0.29, 0.717) is 0 Å². The maximum absolute atomic E-state index is 5.77. The zero-order valence-corrected chi connectivity index (χ0v) is 10.8. The summed E-state index contributed by atoms with van der Waals surface area (Å²) >= 11 is 0. The second kappa shape index (κ2) is 5.46. The zero-order chi connectivity index (χ0) is 12.2. The molecule has 0 aliphatic heterocycles. The van der Waals surface area contributed by atoms with Gasteiger partial charge in [-0.1, -0.05) is 24.3 Å². The van der Waals surface area contributed by atoms with Gasteiger partial charge >= 0.3 is 0 Å². The highest BCUT2D eigenvalue weighted by Gasteiger charge is 2.16. The fourth-order valence-corrected chi connectivity index (χ4v) is 1.73. The fraction of sp³-hybridized carbons (Fsp3) is 0.571. The Kier molecular flexibility index (Phi) is 4.51. The van der Waals surface area contributed by atoms with Crippen LogP contribution >= 0.6 is 0 Å². The lowest BCUT2D eigenvalue weighted by Crippen LogP contribution is -2.25. The van der Waals surface area contributed by atoms with Gasteiger partial charge in [0.1, 0.15) is 0 Å². The highest BCUT2D eigenvalue weighted by atomic mass is 16.5. The molecule has 0 heterocycles. The van der Waals surface area contributed by atoms with Crippen molar-refractivity contribution in [1.82, 2.24) is 0 Å². The molecule has 1 aromatic rings. The smallest absolute Gasteiger partial charge is 0.0662 e. The molecule has 1 aromatic carbocycles. The highest BCUT2D eigenvalue weighted by molar-refractivity contribution is 5.24. The van der Waals surface area contributed by atoms with Gasteiger partial charge in [0, 0.05) is 19.6 Å². The standard InChI is InChI=1S/C14H23NO/c1-11(15)9-12-5-7-13(8-6-12)10-14(2,3)16-4/h5-8,11H,9-10,15H2,1-4H3. The van der Waals surface area contributed by atoms with Crippen LogP contribution in [0.1, 0.15) is 31.9 Å². The van der Waals surface area contributed by atoms with E-state index in [2.05, 4.69) is 38.1 Å². The molecule has 2 heteroatoms. The molecule has 1 unspecified atom stereocenters. The molecular formula is C14H23NO. The molecule has 1 atom stereocenters. The minimum atomic E-state index is -0.0946. The number of benzene rings is 1. The first kappa shape index (κ1) is 13.2. The Bertz CT molecular complexity index is 314. The van der Waals surface area contributed by atoms with Gasteiger partial charge in [0.05, 0.1) is 5.60 Å². The number of nitrogens with two attached hydrogens (primary N) is 1. The number of hydrogen-bond donors (Lipinski definition) is 1. The predicted molar refractivity (Wildman–Crippen MR) is 68.6 cm³/mol. The second-order valence-electron chi connectivity index (χ2n) is 5.14. The van der Waals surface area contributed by atoms with Crippen LogP contribution in [-0.2, 0) is 17.6 Å². The van der Waals surface area contributed by atoms with Gasteiger partial charge in [-0.25, -0.2) is 0 Å². The van der Waals surface area contributed by atoms with E-state index in [0.717, 1.165) is 12.8 Å². The van der Waals surface area contributed by atoms with Gasteiger partial charge in [0.15, 0.2) is 0 Å². The van der Waals surface area contributed by atoms with Crippen LogP contribution < -0.4 is 5.73 Å². The molecule has 0 spiro atoms. The number of hydrogen-bond acceptors (Lipinski definition) is 2. The van der Waals surface area contributed by atoms with Gasteiger partial charge in [0.25, 0.3) is 0 Å². The van der Waals surface area contributed by atoms with Crippen LogP contribution in [0, 0.1) is 0 Å². The molecule has 0 amide bonds. The number of ether oxygens (including phenoxy) is 1. The van der Waals surface area contributed by atoms with Crippen molar-refractivity contribution in [2.45, 2.75) is 45.3 Å². The van der Waals surface area contributed by atoms with Crippen molar-refractivity contribution >= 4 is 0 Å². The van der Waals surface area contributed by atoms with E-state index < -0.39 is 0 Å². The van der Waals surface area contributed by atoms with Crippen molar-refractivity contribution in [3.8, 4) is 0 Å². The van der Waals surface area contributed by atoms with Gasteiger partial charge in [-0.2, -0.15) is 0 Å². The van der Waals surface area contributed by atoms with Crippen molar-refractivity contribution in [3.05, 3.63) is 35.4 Å². The van der Waals surface area contributed by atoms with Crippen LogP contribution in [0.3, 0.4) is 0 Å². The first-order chi connectivity index (χ1) is 7.43. The predicted octanol–water partition coefficient (Wildman–Crippen LogP) is 2.54. The largest absolute Gasteiger partial charge is 0.378 e. The molecule has 0 radical (unpaired) electrons. The molecule has 0 saturated carbocycles. The van der Waals surface area contributed by atoms with E-state index in [9.17, 15) is 0 Å². The molecule has 0 aliphatic carbocycles. The quantitative estimate of drug-likeness (QED) is 0.829. The van der Waals surface area contributed by atoms with Gasteiger partial charge < -0.3 is 10.5 Å². The molecule has 0 saturated heterocycles. The molecule has 0 bridgehead atoms. The Balaban J connectivity index is 2.64. The van der Waals surface area contributed by atoms with E-state index in [1.807, 2.05) is 6.92 Å². The van der Waals surface area contributed by atoms with Gasteiger partial charge in [0.2, 0.25) is 0 Å². The monoisotopic (exact) mass is 221 g/mol. The van der Waals surface area contributed by atoms with Crippen molar-refractivity contribution in [3.63, 3.8) is 0 Å². The average Bonchev–Trinajstić information content (AvgIpc) is 2.20. The van der Waals surface area contributed by atoms with Crippen LogP contribution in [0.15, 0.2) is 24.3 Å². The average molecular weight is 221 g/mol. The summed E-state index contributed by atoms with van der Waals surface area (Å²) in [7, 11) is 1.75. The van der Waals surface area contributed by atoms with Crippen molar-refractivity contribution in [1.29, 1.82) is 0 Å². The Morgan fingerprint density at radius 3 is 2.12 bits per heavy atom. The summed E-state index contributed by atoms with van der Waals surface area (Å²) < 4.78 is 5.42. The Morgan fingerprint density at radius 2 is 1.69 bits per heavy atom. The maximum Gasteiger partial charge on any atom is 0.0662 e. The molecule has 2 nitrogen and oxygen atoms in total. The molecule has 0 fully saturated rings. The number of methoxy groups -OCH3 is 1. The lowest BCUT2D eigenvalue weighted by molar-refractivity contribution is 0.0232. The minimum absolute atomic E-state index is 0.0946. The summed E-state index contributed by atoms with van der Waals surface area (Å²) in [5, 5.41) is 0. The van der Waals surface area contributed by atoms with Gasteiger partial charge in [-0.3, -0.25) is 0 Å². The summed E-state index contributed by atoms with van der Waals surface area (Å²) in [4.78, 5) is 0. The molecule has 90 valence electrons. The molecular weight excluding hydrogens is 198 g/mol. The van der Waals surface area contributed by atoms with Gasteiger partial charge in [-0.15, -0.1) is 0 Å². The number of rotatable bonds is 5. The van der Waals surface area contributed by atoms with Crippen molar-refractivity contribution < 1.29 is 4.74 Å². The lowest BCUT2D eigenvalue weighted by atomic mass is 9.96. The van der Waals surface area contributed by atoms with E-state index in [4.69, 9.17) is 10.5 Å². The van der Waals surface area contributed by atoms with Crippen LogP contribution in [0.25, 0.3) is 0 Å². The lowest BCUT2D eigenvalue weighted by Gasteiger charge is -2.22. The third kappa shape index (κ3) is 4.33. The third-order valence-corrected chi connectivity index (χ3v) is 2.76. The molecule has 0 aliphatic rings. The third-order valence-electron chi connectivity index (χ3n) is 2.76. The van der Waals surface area contributed by atoms with Crippen molar-refractivity contribution in [2.75, 3.05) is 7.11 Å². The van der Waals surface area contributed by atoms with E-state index in [1.54, 1.807) is 7.11 Å². The van der Waals surface area contributed by atoms with E-state index in [1.165, 1.54) is 11.1 Å². The summed E-state index contributed by atoms with van der Waals surface area (Å²) in [5.74, 6) is 0. The first-order valence-electron chi connectivity index (χ1n) is 5.81. The molecule has 2 N–H and O–H groups in total. The SMILES string of the molecule is COC(C)(C)Cc1ccc(CC(C)N)cc1. The minimum Gasteiger partial charge on any atom is -0.378 e. The zero-order valence-electron chi connectivity index (χ0n) is 10.8. The maximum atomic E-state index is 5.77. The van der Waals surface area contributed by atoms with Gasteiger partial charge in [-0.05, 0) is 38.3 Å². The molecule has 0 aromatic heterocycles. The fourth-order valence-electron chi connectivity index (χ4n) is 1.73. The summed E-state index contributed by atoms with van der Waals surface area (Å²) in [6, 6.07) is 8.87. The van der Waals surface area contributed by atoms with Crippen LogP contribution in [-0.4, -0.2) is 18.8 Å². The second-order valence-corrected chi connectivity index (χ2v) is 5.14. The molecule has 1 rings (SSSR count). The summed E-state index contributed by atoms with van der Waals surface area (Å²) in [6.07, 6.45) is 1.87. The Morgan fingerprint density at radius 1 is 1.19 bits per heavy atom. The first-order valence-corrected chi connectivity index (χ1v) is 5.81. The van der Waals surface area contributed by atoms with E-state index >= 15 is 0 Å². The van der Waals surface area contributed by atoms with Crippen LogP contribution in [0.4, 0.5) is 0 Å². The van der Waals surface area contributed by atoms with Crippen LogP contribution in [0.5, 0.6) is 0 Å². The normalized spacial score (nSPS) is 13.8. The highest BCUT2D eigenvalue weighted by Crippen LogP contribution is 2.16. The Hall–Kier alpha value is -0.860. The van der Waals surface area contributed by atoms with Crippen LogP contribution in [0.2, 0.25) is 0 Å². The van der Waals surface area contributed by atoms with Crippen molar-refractivity contribution in [2.24, 2.45) is 5.73 Å².